The molecule has 4 aliphatic rings. The van der Waals surface area contributed by atoms with Gasteiger partial charge in [0.2, 0.25) is 5.88 Å². The number of hydrogen-bond acceptors (Lipinski definition) is 6. The van der Waals surface area contributed by atoms with Crippen LogP contribution in [0, 0.1) is 17.2 Å². The molecule has 194 valence electrons. The minimum absolute atomic E-state index is 0.135. The molecule has 0 aromatic heterocycles. The highest BCUT2D eigenvalue weighted by Gasteiger charge is 2.31. The number of nitriles is 1. The number of hydrogen-bond donors (Lipinski definition) is 0. The third-order valence-electron chi connectivity index (χ3n) is 8.13. The van der Waals surface area contributed by atoms with Gasteiger partial charge < -0.3 is 14.4 Å². The quantitative estimate of drug-likeness (QED) is 0.453. The van der Waals surface area contributed by atoms with Crippen LogP contribution in [0.15, 0.2) is 72.2 Å². The van der Waals surface area contributed by atoms with Crippen molar-refractivity contribution in [2.24, 2.45) is 5.92 Å². The van der Waals surface area contributed by atoms with Crippen molar-refractivity contribution < 1.29 is 14.3 Å². The molecule has 5 rings (SSSR count). The third-order valence-corrected chi connectivity index (χ3v) is 8.13. The Kier molecular flexibility index (Phi) is 8.42. The van der Waals surface area contributed by atoms with Gasteiger partial charge in [-0.2, -0.15) is 5.26 Å². The molecule has 2 fully saturated rings. The maximum Gasteiger partial charge on any atom is 0.231 e. The van der Waals surface area contributed by atoms with Gasteiger partial charge in [0.25, 0.3) is 0 Å². The average Bonchev–Trinajstić information content (AvgIpc) is 2.98. The van der Waals surface area contributed by atoms with E-state index < -0.39 is 0 Å². The van der Waals surface area contributed by atoms with E-state index in [2.05, 4.69) is 34.1 Å². The molecule has 37 heavy (non-hydrogen) atoms. The molecular formula is C31H37N3O3. The summed E-state index contributed by atoms with van der Waals surface area (Å²) in [4.78, 5) is 18.3. The first-order valence-corrected chi connectivity index (χ1v) is 13.8. The fourth-order valence-corrected chi connectivity index (χ4v) is 5.92. The van der Waals surface area contributed by atoms with E-state index in [4.69, 9.17) is 9.47 Å². The molecular weight excluding hydrogens is 462 g/mol. The van der Waals surface area contributed by atoms with Gasteiger partial charge in [0.15, 0.2) is 12.0 Å². The summed E-state index contributed by atoms with van der Waals surface area (Å²) in [5.41, 5.74) is 2.71. The fraction of sp³-hybridized carbons (Fsp3) is 0.484. The lowest BCUT2D eigenvalue weighted by molar-refractivity contribution is -0.125. The Balaban J connectivity index is 1.16. The average molecular weight is 500 g/mol. The maximum atomic E-state index is 13.7. The highest BCUT2D eigenvalue weighted by atomic mass is 16.6. The van der Waals surface area contributed by atoms with E-state index in [-0.39, 0.29) is 11.8 Å². The number of rotatable bonds is 8. The number of ketones is 1. The third kappa shape index (κ3) is 6.17. The van der Waals surface area contributed by atoms with Crippen molar-refractivity contribution in [3.8, 4) is 6.07 Å². The lowest BCUT2D eigenvalue weighted by Crippen LogP contribution is -2.46. The second-order valence-electron chi connectivity index (χ2n) is 10.4. The summed E-state index contributed by atoms with van der Waals surface area (Å²) >= 11 is 0. The van der Waals surface area contributed by atoms with Crippen LogP contribution in [0.25, 0.3) is 0 Å². The summed E-state index contributed by atoms with van der Waals surface area (Å²) in [6.07, 6.45) is 18.0. The molecule has 0 radical (unpaired) electrons. The Labute approximate surface area is 220 Å². The Morgan fingerprint density at radius 2 is 1.86 bits per heavy atom. The van der Waals surface area contributed by atoms with Crippen LogP contribution < -0.4 is 0 Å². The summed E-state index contributed by atoms with van der Waals surface area (Å²) in [5, 5.41) is 9.71. The fourth-order valence-electron chi connectivity index (χ4n) is 5.92. The molecule has 1 atom stereocenters. The number of Topliss-reactive ketones (excluding diaryl/α,β-unsaturated/α-hetero) is 1. The van der Waals surface area contributed by atoms with Gasteiger partial charge in [-0.1, -0.05) is 55.7 Å². The topological polar surface area (TPSA) is 65.8 Å². The van der Waals surface area contributed by atoms with Crippen LogP contribution in [0.2, 0.25) is 0 Å². The molecule has 1 saturated heterocycles. The van der Waals surface area contributed by atoms with Crippen LogP contribution in [0.1, 0.15) is 68.4 Å². The Hall–Kier alpha value is -3.30. The number of carbonyl (C=O) groups excluding carboxylic acids is 1. The van der Waals surface area contributed by atoms with Crippen molar-refractivity contribution in [1.29, 1.82) is 5.26 Å². The molecule has 0 bridgehead atoms. The summed E-state index contributed by atoms with van der Waals surface area (Å²) in [5.74, 6) is 1.81. The minimum atomic E-state index is -0.206. The zero-order chi connectivity index (χ0) is 25.5. The van der Waals surface area contributed by atoms with Crippen LogP contribution in [-0.2, 0) is 14.3 Å². The molecule has 6 nitrogen and oxygen atoms in total. The van der Waals surface area contributed by atoms with E-state index in [0.29, 0.717) is 11.3 Å². The van der Waals surface area contributed by atoms with Gasteiger partial charge in [0.05, 0.1) is 11.6 Å². The number of allylic oxidation sites excluding steroid dienone is 4. The van der Waals surface area contributed by atoms with Gasteiger partial charge in [0, 0.05) is 38.0 Å². The standard InChI is InChI=1S/C31H37N3O3/c32-21-26-13-7-8-14-27(26)28(31(35)25-11-5-2-6-12-25)15-16-33-17-19-34(20-18-33)30-23-36-29(22-37-30)24-9-3-1-4-10-24/h1,3,7-9,13-14,22-23,25,28H,2,4-6,10-12,15-20H2. The van der Waals surface area contributed by atoms with E-state index in [1.165, 1.54) is 6.42 Å². The summed E-state index contributed by atoms with van der Waals surface area (Å²) < 4.78 is 11.8. The minimum Gasteiger partial charge on any atom is -0.456 e. The highest BCUT2D eigenvalue weighted by Crippen LogP contribution is 2.34. The molecule has 1 aromatic rings. The van der Waals surface area contributed by atoms with Crippen LogP contribution in [-0.4, -0.2) is 48.3 Å². The molecule has 0 amide bonds. The molecule has 6 heteroatoms. The van der Waals surface area contributed by atoms with Crippen LogP contribution in [0.3, 0.4) is 0 Å². The largest absolute Gasteiger partial charge is 0.456 e. The lowest BCUT2D eigenvalue weighted by Gasteiger charge is -2.37. The smallest absolute Gasteiger partial charge is 0.231 e. The second-order valence-corrected chi connectivity index (χ2v) is 10.4. The number of ether oxygens (including phenoxy) is 2. The van der Waals surface area contributed by atoms with Crippen LogP contribution in [0.4, 0.5) is 0 Å². The van der Waals surface area contributed by atoms with Gasteiger partial charge >= 0.3 is 0 Å². The first-order valence-electron chi connectivity index (χ1n) is 13.8. The Bertz CT molecular complexity index is 1130. The first-order chi connectivity index (χ1) is 18.2. The van der Waals surface area contributed by atoms with Gasteiger partial charge in [-0.05, 0) is 55.9 Å². The van der Waals surface area contributed by atoms with E-state index in [0.717, 1.165) is 100 Å². The summed E-state index contributed by atoms with van der Waals surface area (Å²) in [6.45, 7) is 4.34. The molecule has 0 N–H and O–H groups in total. The van der Waals surface area contributed by atoms with Crippen molar-refractivity contribution in [3.63, 3.8) is 0 Å². The van der Waals surface area contributed by atoms with Crippen molar-refractivity contribution in [1.82, 2.24) is 9.80 Å². The van der Waals surface area contributed by atoms with Gasteiger partial charge in [-0.25, -0.2) is 0 Å². The Morgan fingerprint density at radius 1 is 1.05 bits per heavy atom. The monoisotopic (exact) mass is 499 g/mol. The molecule has 1 unspecified atom stereocenters. The normalized spacial score (nSPS) is 21.6. The van der Waals surface area contributed by atoms with Crippen LogP contribution >= 0.6 is 0 Å². The molecule has 1 saturated carbocycles. The number of benzene rings is 1. The van der Waals surface area contributed by atoms with E-state index in [1.807, 2.05) is 24.3 Å². The summed E-state index contributed by atoms with van der Waals surface area (Å²) in [7, 11) is 0. The van der Waals surface area contributed by atoms with E-state index in [1.54, 1.807) is 12.5 Å². The van der Waals surface area contributed by atoms with Crippen LogP contribution in [0.5, 0.6) is 0 Å². The zero-order valence-corrected chi connectivity index (χ0v) is 21.6. The van der Waals surface area contributed by atoms with Crippen molar-refractivity contribution >= 4 is 5.78 Å². The predicted octanol–water partition coefficient (Wildman–Crippen LogP) is 5.76. The molecule has 1 aromatic carbocycles. The zero-order valence-electron chi connectivity index (χ0n) is 21.6. The number of nitrogens with zero attached hydrogens (tertiary/aromatic N) is 3. The predicted molar refractivity (Wildman–Crippen MR) is 143 cm³/mol. The maximum absolute atomic E-state index is 13.7. The van der Waals surface area contributed by atoms with E-state index >= 15 is 0 Å². The van der Waals surface area contributed by atoms with E-state index in [9.17, 15) is 10.1 Å². The number of carbonyl (C=O) groups is 1. The van der Waals surface area contributed by atoms with Crippen molar-refractivity contribution in [2.75, 3.05) is 32.7 Å². The van der Waals surface area contributed by atoms with Gasteiger partial charge in [0.1, 0.15) is 12.0 Å². The summed E-state index contributed by atoms with van der Waals surface area (Å²) in [6, 6.07) is 9.99. The molecule has 2 aliphatic heterocycles. The SMILES string of the molecule is N#Cc1ccccc1C(CCN1CCN(C2=COC(C3=CC=CCC3)=CO2)CC1)C(=O)C1CCCCC1. The van der Waals surface area contributed by atoms with Crippen molar-refractivity contribution in [2.45, 2.75) is 57.3 Å². The Morgan fingerprint density at radius 3 is 2.57 bits per heavy atom. The lowest BCUT2D eigenvalue weighted by atomic mass is 9.77. The number of piperazine rings is 1. The molecule has 2 heterocycles. The first kappa shape index (κ1) is 25.4. The van der Waals surface area contributed by atoms with Crippen molar-refractivity contribution in [3.05, 3.63) is 83.4 Å². The molecule has 0 spiro atoms. The van der Waals surface area contributed by atoms with Gasteiger partial charge in [-0.3, -0.25) is 9.69 Å². The second kappa shape index (κ2) is 12.3. The molecule has 2 aliphatic carbocycles. The highest BCUT2D eigenvalue weighted by molar-refractivity contribution is 5.88. The van der Waals surface area contributed by atoms with Gasteiger partial charge in [-0.15, -0.1) is 0 Å².